The lowest BCUT2D eigenvalue weighted by Gasteiger charge is -2.37. The van der Waals surface area contributed by atoms with Gasteiger partial charge in [0, 0.05) is 29.3 Å². The maximum absolute atomic E-state index is 14.1. The van der Waals surface area contributed by atoms with Crippen LogP contribution in [0.5, 0.6) is 0 Å². The molecule has 1 fully saturated rings. The molecule has 2 heterocycles. The van der Waals surface area contributed by atoms with Crippen LogP contribution in [-0.2, 0) is 0 Å². The van der Waals surface area contributed by atoms with Crippen molar-refractivity contribution in [2.24, 2.45) is 4.99 Å². The molecule has 34 heavy (non-hydrogen) atoms. The molecule has 1 aliphatic heterocycles. The van der Waals surface area contributed by atoms with E-state index in [0.717, 1.165) is 46.8 Å². The van der Waals surface area contributed by atoms with E-state index in [9.17, 15) is 4.39 Å². The first-order valence-electron chi connectivity index (χ1n) is 11.5. The number of amidine groups is 1. The maximum Gasteiger partial charge on any atom is 0.141 e. The minimum Gasteiger partial charge on any atom is -0.383 e. The van der Waals surface area contributed by atoms with E-state index in [1.807, 2.05) is 38.1 Å². The molecule has 0 spiro atoms. The Hall–Kier alpha value is -3.81. The number of hydrogen-bond donors (Lipinski definition) is 3. The van der Waals surface area contributed by atoms with Gasteiger partial charge in [-0.3, -0.25) is 5.41 Å². The third-order valence-corrected chi connectivity index (χ3v) is 6.38. The molecule has 0 bridgehead atoms. The van der Waals surface area contributed by atoms with Gasteiger partial charge in [-0.1, -0.05) is 30.3 Å². The first-order valence-corrected chi connectivity index (χ1v) is 11.5. The summed E-state index contributed by atoms with van der Waals surface area (Å²) in [5.74, 6) is 1.51. The smallest absolute Gasteiger partial charge is 0.141 e. The van der Waals surface area contributed by atoms with Crippen molar-refractivity contribution in [1.29, 1.82) is 5.41 Å². The number of nitrogen functional groups attached to an aromatic ring is 1. The van der Waals surface area contributed by atoms with Gasteiger partial charge in [-0.25, -0.2) is 19.4 Å². The van der Waals surface area contributed by atoms with Gasteiger partial charge in [0.1, 0.15) is 30.0 Å². The molecule has 3 aliphatic rings. The summed E-state index contributed by atoms with van der Waals surface area (Å²) in [5, 5.41) is 12.2. The molecule has 7 nitrogen and oxygen atoms in total. The van der Waals surface area contributed by atoms with Gasteiger partial charge in [0.2, 0.25) is 0 Å². The van der Waals surface area contributed by atoms with E-state index in [2.05, 4.69) is 26.8 Å². The summed E-state index contributed by atoms with van der Waals surface area (Å²) < 4.78 is 14.1. The first-order chi connectivity index (χ1) is 16.3. The number of halogens is 1. The van der Waals surface area contributed by atoms with Crippen LogP contribution in [-0.4, -0.2) is 44.7 Å². The number of anilines is 2. The summed E-state index contributed by atoms with van der Waals surface area (Å²) >= 11 is 0. The van der Waals surface area contributed by atoms with Gasteiger partial charge < -0.3 is 16.0 Å². The molecular formula is C26H28FN7. The van der Waals surface area contributed by atoms with Crippen molar-refractivity contribution in [3.8, 4) is 0 Å². The molecule has 2 aromatic rings. The monoisotopic (exact) mass is 457 g/mol. The number of aryl methyl sites for hydroxylation is 1. The molecule has 1 saturated carbocycles. The van der Waals surface area contributed by atoms with Crippen LogP contribution in [0.25, 0.3) is 0 Å². The minimum atomic E-state index is -1.01. The first kappa shape index (κ1) is 22.0. The fourth-order valence-corrected chi connectivity index (χ4v) is 4.51. The van der Waals surface area contributed by atoms with Gasteiger partial charge in [-0.2, -0.15) is 0 Å². The highest BCUT2D eigenvalue weighted by Gasteiger charge is 2.39. The molecule has 8 heteroatoms. The number of nitrogens with two attached hydrogens (primary N) is 1. The number of aliphatic imine (C=N–C) groups is 1. The average Bonchev–Trinajstić information content (AvgIpc) is 3.64. The van der Waals surface area contributed by atoms with Crippen molar-refractivity contribution in [1.82, 2.24) is 14.9 Å². The number of aromatic nitrogens is 2. The van der Waals surface area contributed by atoms with Crippen molar-refractivity contribution in [2.45, 2.75) is 51.4 Å². The van der Waals surface area contributed by atoms with Gasteiger partial charge in [-0.15, -0.1) is 0 Å². The lowest BCUT2D eigenvalue weighted by molar-refractivity contribution is 0.384. The quantitative estimate of drug-likeness (QED) is 0.553. The molecule has 2 atom stereocenters. The highest BCUT2D eigenvalue weighted by atomic mass is 19.1. The zero-order valence-electron chi connectivity index (χ0n) is 19.3. The lowest BCUT2D eigenvalue weighted by Crippen LogP contribution is -2.45. The van der Waals surface area contributed by atoms with E-state index in [1.54, 1.807) is 12.2 Å². The van der Waals surface area contributed by atoms with Crippen LogP contribution in [0.1, 0.15) is 42.9 Å². The maximum atomic E-state index is 14.1. The van der Waals surface area contributed by atoms with Gasteiger partial charge in [0.05, 0.1) is 23.0 Å². The minimum absolute atomic E-state index is 0.236. The molecule has 0 radical (unpaired) electrons. The Morgan fingerprint density at radius 2 is 2.12 bits per heavy atom. The molecule has 174 valence electrons. The van der Waals surface area contributed by atoms with Gasteiger partial charge in [0.25, 0.3) is 0 Å². The van der Waals surface area contributed by atoms with Gasteiger partial charge >= 0.3 is 0 Å². The molecule has 0 amide bonds. The summed E-state index contributed by atoms with van der Waals surface area (Å²) in [6.45, 7) is 8.28. The zero-order chi connectivity index (χ0) is 24.0. The van der Waals surface area contributed by atoms with Crippen LogP contribution in [0.15, 0.2) is 71.3 Å². The van der Waals surface area contributed by atoms with Gasteiger partial charge in [-0.05, 0) is 44.9 Å². The molecule has 4 N–H and O–H groups in total. The number of allylic oxidation sites excluding steroid dienone is 3. The third-order valence-electron chi connectivity index (χ3n) is 6.38. The van der Waals surface area contributed by atoms with Crippen LogP contribution in [0, 0.1) is 12.3 Å². The van der Waals surface area contributed by atoms with Crippen molar-refractivity contribution < 1.29 is 4.39 Å². The van der Waals surface area contributed by atoms with Crippen LogP contribution in [0.2, 0.25) is 0 Å². The van der Waals surface area contributed by atoms with Crippen molar-refractivity contribution >= 4 is 23.2 Å². The predicted molar refractivity (Wildman–Crippen MR) is 134 cm³/mol. The zero-order valence-corrected chi connectivity index (χ0v) is 19.3. The van der Waals surface area contributed by atoms with Crippen LogP contribution in [0.3, 0.4) is 0 Å². The van der Waals surface area contributed by atoms with Crippen molar-refractivity contribution in [3.05, 3.63) is 83.0 Å². The molecule has 2 aliphatic carbocycles. The molecule has 2 unspecified atom stereocenters. The number of rotatable bonds is 6. The predicted octanol–water partition coefficient (Wildman–Crippen LogP) is 4.53. The van der Waals surface area contributed by atoms with E-state index in [4.69, 9.17) is 16.1 Å². The van der Waals surface area contributed by atoms with E-state index in [0.29, 0.717) is 23.8 Å². The Morgan fingerprint density at radius 3 is 2.85 bits per heavy atom. The van der Waals surface area contributed by atoms with Crippen LogP contribution in [0.4, 0.5) is 16.0 Å². The normalized spacial score (nSPS) is 20.7. The number of nitrogens with zero attached hydrogens (tertiary/aromatic N) is 4. The second-order valence-electron chi connectivity index (χ2n) is 9.05. The molecule has 0 saturated heterocycles. The fraction of sp³-hybridized carbons (Fsp3) is 0.308. The SMILES string of the molecule is C=C1C2=C(C=CC(F)C2)N=C(C(C)Nc2ncnc(N)c2C(=N)c2cccc(C)c2)N1C1CC1. The highest BCUT2D eigenvalue weighted by molar-refractivity contribution is 6.16. The van der Waals surface area contributed by atoms with E-state index in [1.165, 1.54) is 6.33 Å². The second kappa shape index (κ2) is 8.52. The van der Waals surface area contributed by atoms with Crippen molar-refractivity contribution in [3.63, 3.8) is 0 Å². The summed E-state index contributed by atoms with van der Waals surface area (Å²) in [5.41, 5.74) is 11.2. The fourth-order valence-electron chi connectivity index (χ4n) is 4.51. The summed E-state index contributed by atoms with van der Waals surface area (Å²) in [7, 11) is 0. The Morgan fingerprint density at radius 1 is 1.32 bits per heavy atom. The van der Waals surface area contributed by atoms with Gasteiger partial charge in [0.15, 0.2) is 0 Å². The van der Waals surface area contributed by atoms with Crippen LogP contribution < -0.4 is 11.1 Å². The standard InChI is InChI=1S/C26H28FN7/c1-14-5-4-6-17(11-14)23(28)22-24(29)30-13-31-25(22)32-15(2)26-33-21-10-7-18(27)12-20(21)16(3)34(26)19-8-9-19/h4-7,10-11,13,15,18-19,28H,3,8-9,12H2,1-2H3,(H3,29,30,31,32). The summed E-state index contributed by atoms with van der Waals surface area (Å²) in [6.07, 6.45) is 6.06. The van der Waals surface area contributed by atoms with E-state index in [-0.39, 0.29) is 17.6 Å². The Labute approximate surface area is 198 Å². The molecular weight excluding hydrogens is 429 g/mol. The Kier molecular flexibility index (Phi) is 5.51. The second-order valence-corrected chi connectivity index (χ2v) is 9.05. The number of hydrogen-bond acceptors (Lipinski definition) is 7. The number of nitrogens with one attached hydrogen (secondary N) is 2. The Balaban J connectivity index is 1.49. The van der Waals surface area contributed by atoms with Crippen LogP contribution >= 0.6 is 0 Å². The average molecular weight is 458 g/mol. The summed E-state index contributed by atoms with van der Waals surface area (Å²) in [6, 6.07) is 7.76. The molecule has 1 aromatic heterocycles. The van der Waals surface area contributed by atoms with E-state index >= 15 is 0 Å². The largest absolute Gasteiger partial charge is 0.383 e. The number of benzene rings is 1. The number of alkyl halides is 1. The lowest BCUT2D eigenvalue weighted by atomic mass is 9.95. The Bertz CT molecular complexity index is 1270. The van der Waals surface area contributed by atoms with Crippen molar-refractivity contribution in [2.75, 3.05) is 11.1 Å². The topological polar surface area (TPSA) is 103 Å². The van der Waals surface area contributed by atoms with E-state index < -0.39 is 6.17 Å². The highest BCUT2D eigenvalue weighted by Crippen LogP contribution is 2.40. The third kappa shape index (κ3) is 4.00. The summed E-state index contributed by atoms with van der Waals surface area (Å²) in [4.78, 5) is 15.6. The molecule has 1 aromatic carbocycles. The molecule has 5 rings (SSSR count).